The van der Waals surface area contributed by atoms with Crippen molar-refractivity contribution < 1.29 is 12.8 Å². The molecule has 0 aliphatic rings. The molecule has 0 atom stereocenters. The molecule has 0 aromatic heterocycles. The highest BCUT2D eigenvalue weighted by Crippen LogP contribution is 2.28. The minimum absolute atomic E-state index is 0.0285. The van der Waals surface area contributed by atoms with Gasteiger partial charge in [0.2, 0.25) is 0 Å². The number of benzene rings is 2. The van der Waals surface area contributed by atoms with Crippen LogP contribution in [0.4, 0.5) is 10.1 Å². The van der Waals surface area contributed by atoms with E-state index in [4.69, 9.17) is 11.6 Å². The van der Waals surface area contributed by atoms with Gasteiger partial charge >= 0.3 is 0 Å². The summed E-state index contributed by atoms with van der Waals surface area (Å²) in [7, 11) is -2.30. The van der Waals surface area contributed by atoms with Gasteiger partial charge in [-0.1, -0.05) is 17.7 Å². The normalized spacial score (nSPS) is 11.4. The summed E-state index contributed by atoms with van der Waals surface area (Å²) in [6.07, 6.45) is 0. The Kier molecular flexibility index (Phi) is 4.01. The van der Waals surface area contributed by atoms with Crippen molar-refractivity contribution in [3.05, 3.63) is 58.9 Å². The third-order valence-corrected chi connectivity index (χ3v) is 5.00. The molecule has 3 nitrogen and oxygen atoms in total. The van der Waals surface area contributed by atoms with Crippen molar-refractivity contribution in [3.8, 4) is 0 Å². The lowest BCUT2D eigenvalue weighted by atomic mass is 10.2. The van der Waals surface area contributed by atoms with Crippen molar-refractivity contribution in [1.29, 1.82) is 0 Å². The van der Waals surface area contributed by atoms with Crippen LogP contribution >= 0.6 is 11.6 Å². The molecule has 6 heteroatoms. The lowest BCUT2D eigenvalue weighted by Crippen LogP contribution is -2.27. The van der Waals surface area contributed by atoms with Gasteiger partial charge in [0.25, 0.3) is 10.0 Å². The molecule has 0 saturated carbocycles. The maximum Gasteiger partial charge on any atom is 0.264 e. The van der Waals surface area contributed by atoms with Crippen LogP contribution in [0.1, 0.15) is 5.56 Å². The average molecular weight is 314 g/mol. The Morgan fingerprint density at radius 3 is 2.30 bits per heavy atom. The molecule has 0 aliphatic heterocycles. The van der Waals surface area contributed by atoms with Crippen LogP contribution in [0, 0.1) is 12.7 Å². The third-order valence-electron chi connectivity index (χ3n) is 2.98. The minimum Gasteiger partial charge on any atom is -0.269 e. The van der Waals surface area contributed by atoms with Gasteiger partial charge in [-0.15, -0.1) is 0 Å². The molecule has 0 fully saturated rings. The molecule has 20 heavy (non-hydrogen) atoms. The van der Waals surface area contributed by atoms with E-state index in [0.717, 1.165) is 22.0 Å². The van der Waals surface area contributed by atoms with Gasteiger partial charge in [0, 0.05) is 12.1 Å². The molecule has 0 amide bonds. The molecule has 2 aromatic rings. The zero-order valence-electron chi connectivity index (χ0n) is 11.0. The van der Waals surface area contributed by atoms with E-state index in [9.17, 15) is 12.8 Å². The number of halogens is 2. The van der Waals surface area contributed by atoms with E-state index in [0.29, 0.717) is 10.7 Å². The Labute approximate surface area is 122 Å². The predicted molar refractivity (Wildman–Crippen MR) is 78.2 cm³/mol. The van der Waals surface area contributed by atoms with Crippen molar-refractivity contribution in [3.63, 3.8) is 0 Å². The van der Waals surface area contributed by atoms with Gasteiger partial charge in [0.15, 0.2) is 0 Å². The molecule has 0 aliphatic carbocycles. The quantitative estimate of drug-likeness (QED) is 0.868. The fourth-order valence-corrected chi connectivity index (χ4v) is 3.23. The lowest BCUT2D eigenvalue weighted by Gasteiger charge is -2.21. The first kappa shape index (κ1) is 14.8. The summed E-state index contributed by atoms with van der Waals surface area (Å²) in [6.45, 7) is 1.79. The van der Waals surface area contributed by atoms with Crippen molar-refractivity contribution in [2.24, 2.45) is 0 Å². The molecule has 0 radical (unpaired) electrons. The molecular weight excluding hydrogens is 301 g/mol. The van der Waals surface area contributed by atoms with Crippen LogP contribution in [0.3, 0.4) is 0 Å². The first-order chi connectivity index (χ1) is 9.32. The van der Waals surface area contributed by atoms with Gasteiger partial charge in [-0.3, -0.25) is 4.31 Å². The van der Waals surface area contributed by atoms with Gasteiger partial charge in [-0.05, 0) is 48.9 Å². The van der Waals surface area contributed by atoms with E-state index in [1.54, 1.807) is 25.1 Å². The van der Waals surface area contributed by atoms with Gasteiger partial charge in [0.05, 0.1) is 10.6 Å². The molecule has 106 valence electrons. The fourth-order valence-electron chi connectivity index (χ4n) is 1.82. The molecule has 0 spiro atoms. The van der Waals surface area contributed by atoms with Crippen molar-refractivity contribution in [2.75, 3.05) is 11.4 Å². The van der Waals surface area contributed by atoms with Crippen LogP contribution in [0.25, 0.3) is 0 Å². The van der Waals surface area contributed by atoms with E-state index in [1.165, 1.54) is 19.2 Å². The smallest absolute Gasteiger partial charge is 0.264 e. The first-order valence-corrected chi connectivity index (χ1v) is 7.65. The standard InChI is InChI=1S/C14H13ClFNO2S/c1-10-3-4-11(15)9-14(10)17(2)20(18,19)13-7-5-12(16)6-8-13/h3-9H,1-2H3. The summed E-state index contributed by atoms with van der Waals surface area (Å²) in [5.41, 5.74) is 1.27. The van der Waals surface area contributed by atoms with Crippen LogP contribution < -0.4 is 4.31 Å². The molecule has 2 aromatic carbocycles. The second-order valence-corrected chi connectivity index (χ2v) is 6.76. The molecule has 0 N–H and O–H groups in total. The number of rotatable bonds is 3. The van der Waals surface area contributed by atoms with Crippen LogP contribution in [0.2, 0.25) is 5.02 Å². The minimum atomic E-state index is -3.74. The van der Waals surface area contributed by atoms with Crippen molar-refractivity contribution in [1.82, 2.24) is 0 Å². The second kappa shape index (κ2) is 5.42. The van der Waals surface area contributed by atoms with Gasteiger partial charge < -0.3 is 0 Å². The number of hydrogen-bond donors (Lipinski definition) is 0. The Morgan fingerprint density at radius 2 is 1.70 bits per heavy atom. The Bertz CT molecular complexity index is 729. The highest BCUT2D eigenvalue weighted by molar-refractivity contribution is 7.92. The summed E-state index contributed by atoms with van der Waals surface area (Å²) in [6, 6.07) is 9.73. The van der Waals surface area contributed by atoms with Gasteiger partial charge in [-0.25, -0.2) is 12.8 Å². The second-order valence-electron chi connectivity index (χ2n) is 4.36. The van der Waals surface area contributed by atoms with E-state index >= 15 is 0 Å². The van der Waals surface area contributed by atoms with E-state index < -0.39 is 15.8 Å². The zero-order valence-corrected chi connectivity index (χ0v) is 12.5. The van der Waals surface area contributed by atoms with Crippen molar-refractivity contribution in [2.45, 2.75) is 11.8 Å². The summed E-state index contributed by atoms with van der Waals surface area (Å²) in [4.78, 5) is 0.0285. The maximum atomic E-state index is 12.9. The lowest BCUT2D eigenvalue weighted by molar-refractivity contribution is 0.593. The number of hydrogen-bond acceptors (Lipinski definition) is 2. The maximum absolute atomic E-state index is 12.9. The van der Waals surface area contributed by atoms with E-state index in [1.807, 2.05) is 0 Å². The summed E-state index contributed by atoms with van der Waals surface area (Å²) < 4.78 is 39.0. The highest BCUT2D eigenvalue weighted by atomic mass is 35.5. The monoisotopic (exact) mass is 313 g/mol. The predicted octanol–water partition coefficient (Wildman–Crippen LogP) is 3.61. The number of anilines is 1. The van der Waals surface area contributed by atoms with E-state index in [-0.39, 0.29) is 4.90 Å². The van der Waals surface area contributed by atoms with Crippen LogP contribution in [-0.2, 0) is 10.0 Å². The third kappa shape index (κ3) is 2.78. The fraction of sp³-hybridized carbons (Fsp3) is 0.143. The SMILES string of the molecule is Cc1ccc(Cl)cc1N(C)S(=O)(=O)c1ccc(F)cc1. The van der Waals surface area contributed by atoms with Crippen LogP contribution in [0.5, 0.6) is 0 Å². The van der Waals surface area contributed by atoms with Crippen molar-refractivity contribution >= 4 is 27.3 Å². The van der Waals surface area contributed by atoms with Crippen LogP contribution in [-0.4, -0.2) is 15.5 Å². The Morgan fingerprint density at radius 1 is 1.10 bits per heavy atom. The highest BCUT2D eigenvalue weighted by Gasteiger charge is 2.22. The summed E-state index contributed by atoms with van der Waals surface area (Å²) in [5.74, 6) is -0.481. The molecule has 0 bridgehead atoms. The zero-order chi connectivity index (χ0) is 14.9. The average Bonchev–Trinajstić information content (AvgIpc) is 2.41. The summed E-state index contributed by atoms with van der Waals surface area (Å²) in [5, 5.41) is 0.451. The largest absolute Gasteiger partial charge is 0.269 e. The summed E-state index contributed by atoms with van der Waals surface area (Å²) >= 11 is 5.91. The number of sulfonamides is 1. The van der Waals surface area contributed by atoms with Gasteiger partial charge in [-0.2, -0.15) is 0 Å². The molecule has 0 unspecified atom stereocenters. The molecular formula is C14H13ClFNO2S. The molecule has 0 heterocycles. The molecule has 2 rings (SSSR count). The topological polar surface area (TPSA) is 37.4 Å². The van der Waals surface area contributed by atoms with E-state index in [2.05, 4.69) is 0 Å². The Balaban J connectivity index is 2.48. The number of aryl methyl sites for hydroxylation is 1. The molecule has 0 saturated heterocycles. The first-order valence-electron chi connectivity index (χ1n) is 5.83. The van der Waals surface area contributed by atoms with Crippen LogP contribution in [0.15, 0.2) is 47.4 Å². The Hall–Kier alpha value is -1.59. The number of nitrogens with zero attached hydrogens (tertiary/aromatic N) is 1. The van der Waals surface area contributed by atoms with Gasteiger partial charge in [0.1, 0.15) is 5.82 Å².